The van der Waals surface area contributed by atoms with E-state index >= 15 is 0 Å². The van der Waals surface area contributed by atoms with E-state index in [1.54, 1.807) is 31.4 Å². The van der Waals surface area contributed by atoms with E-state index in [1.165, 1.54) is 0 Å². The van der Waals surface area contributed by atoms with Gasteiger partial charge < -0.3 is 24.2 Å². The molecule has 1 amide bonds. The van der Waals surface area contributed by atoms with Crippen LogP contribution in [0.3, 0.4) is 0 Å². The van der Waals surface area contributed by atoms with Crippen molar-refractivity contribution in [2.24, 2.45) is 5.92 Å². The number of cyclic esters (lactones) is 1. The number of amides is 1. The molecule has 2 atom stereocenters. The first-order valence-corrected chi connectivity index (χ1v) is 13.0. The van der Waals surface area contributed by atoms with Gasteiger partial charge in [0.15, 0.2) is 0 Å². The zero-order valence-electron chi connectivity index (χ0n) is 22.0. The van der Waals surface area contributed by atoms with Gasteiger partial charge in [0.1, 0.15) is 18.9 Å². The van der Waals surface area contributed by atoms with E-state index in [2.05, 4.69) is 5.32 Å². The second kappa shape index (κ2) is 10.1. The third-order valence-corrected chi connectivity index (χ3v) is 7.39. The zero-order chi connectivity index (χ0) is 27.9. The van der Waals surface area contributed by atoms with Crippen LogP contribution in [-0.2, 0) is 47.4 Å². The zero-order valence-corrected chi connectivity index (χ0v) is 22.0. The van der Waals surface area contributed by atoms with E-state index in [0.717, 1.165) is 16.5 Å². The fourth-order valence-corrected chi connectivity index (χ4v) is 5.25. The van der Waals surface area contributed by atoms with Crippen LogP contribution in [0.1, 0.15) is 56.7 Å². The number of pyridine rings is 2. The first-order chi connectivity index (χ1) is 18.7. The van der Waals surface area contributed by atoms with E-state index in [1.807, 2.05) is 30.3 Å². The summed E-state index contributed by atoms with van der Waals surface area (Å²) in [5, 5.41) is 3.55. The van der Waals surface area contributed by atoms with Gasteiger partial charge in [-0.2, -0.15) is 0 Å². The van der Waals surface area contributed by atoms with Crippen LogP contribution in [0.5, 0.6) is 0 Å². The van der Waals surface area contributed by atoms with Gasteiger partial charge in [0.2, 0.25) is 11.5 Å². The molecule has 0 bridgehead atoms. The van der Waals surface area contributed by atoms with Gasteiger partial charge >= 0.3 is 11.9 Å². The van der Waals surface area contributed by atoms with Crippen molar-refractivity contribution < 1.29 is 28.7 Å². The summed E-state index contributed by atoms with van der Waals surface area (Å²) in [6, 6.07) is 10.3. The predicted octanol–water partition coefficient (Wildman–Crippen LogP) is 2.75. The largest absolute Gasteiger partial charge is 0.457 e. The maximum Gasteiger partial charge on any atom is 0.355 e. The van der Waals surface area contributed by atoms with Gasteiger partial charge in [-0.15, -0.1) is 0 Å². The molecule has 0 fully saturated rings. The molecule has 0 spiro atoms. The summed E-state index contributed by atoms with van der Waals surface area (Å²) in [4.78, 5) is 68.1. The van der Waals surface area contributed by atoms with Crippen molar-refractivity contribution in [2.75, 3.05) is 0 Å². The van der Waals surface area contributed by atoms with Crippen molar-refractivity contribution in [2.45, 2.75) is 64.8 Å². The molecule has 10 heteroatoms. The molecule has 0 aliphatic carbocycles. The van der Waals surface area contributed by atoms with Gasteiger partial charge in [-0.25, -0.2) is 14.6 Å². The lowest BCUT2D eigenvalue weighted by Gasteiger charge is -2.37. The van der Waals surface area contributed by atoms with Crippen LogP contribution < -0.4 is 10.9 Å². The van der Waals surface area contributed by atoms with Gasteiger partial charge in [-0.05, 0) is 30.5 Å². The number of carbonyl (C=O) groups excluding carboxylic acids is 4. The van der Waals surface area contributed by atoms with Gasteiger partial charge in [0, 0.05) is 29.4 Å². The molecular weight excluding hydrogens is 502 g/mol. The number of aromatic nitrogens is 2. The number of nitrogens with one attached hydrogen (secondary N) is 1. The Balaban J connectivity index is 1.58. The number of rotatable bonds is 8. The van der Waals surface area contributed by atoms with Crippen LogP contribution in [0.2, 0.25) is 0 Å². The number of ether oxygens (including phenoxy) is 2. The molecule has 202 valence electrons. The van der Waals surface area contributed by atoms with Crippen molar-refractivity contribution in [3.05, 3.63) is 63.4 Å². The molecule has 0 radical (unpaired) electrons. The molecule has 3 aromatic rings. The minimum Gasteiger partial charge on any atom is -0.457 e. The normalized spacial score (nSPS) is 18.1. The Morgan fingerprint density at radius 2 is 2.00 bits per heavy atom. The predicted molar refractivity (Wildman–Crippen MR) is 140 cm³/mol. The molecule has 5 rings (SSSR count). The van der Waals surface area contributed by atoms with Crippen LogP contribution in [0.25, 0.3) is 22.3 Å². The Bertz CT molecular complexity index is 1580. The highest BCUT2D eigenvalue weighted by molar-refractivity contribution is 5.91. The van der Waals surface area contributed by atoms with Gasteiger partial charge in [0.25, 0.3) is 5.56 Å². The monoisotopic (exact) mass is 531 g/mol. The molecule has 10 nitrogen and oxygen atoms in total. The summed E-state index contributed by atoms with van der Waals surface area (Å²) in [5.41, 5.74) is 1.10. The summed E-state index contributed by atoms with van der Waals surface area (Å²) < 4.78 is 12.9. The first kappa shape index (κ1) is 26.3. The molecule has 39 heavy (non-hydrogen) atoms. The molecular formula is C29H29N3O7. The average Bonchev–Trinajstić information content (AvgIpc) is 3.28. The summed E-state index contributed by atoms with van der Waals surface area (Å²) in [5.74, 6) is -2.47. The Labute approximate surface area is 224 Å². The lowest BCUT2D eigenvalue weighted by molar-refractivity contribution is -0.191. The number of hydrogen-bond donors (Lipinski definition) is 1. The molecule has 4 heterocycles. The van der Waals surface area contributed by atoms with Crippen molar-refractivity contribution in [3.8, 4) is 11.4 Å². The molecule has 1 N–H and O–H groups in total. The smallest absolute Gasteiger partial charge is 0.355 e. The van der Waals surface area contributed by atoms with Crippen LogP contribution in [-0.4, -0.2) is 39.7 Å². The minimum absolute atomic E-state index is 0.00930. The molecule has 2 aromatic heterocycles. The second-order valence-electron chi connectivity index (χ2n) is 10.2. The summed E-state index contributed by atoms with van der Waals surface area (Å²) in [7, 11) is 0. The number of nitrogens with zero attached hydrogens (tertiary/aromatic N) is 2. The maximum atomic E-state index is 13.7. The van der Waals surface area contributed by atoms with Gasteiger partial charge in [0.05, 0.1) is 29.0 Å². The third-order valence-electron chi connectivity index (χ3n) is 7.39. The summed E-state index contributed by atoms with van der Waals surface area (Å²) >= 11 is 0. The van der Waals surface area contributed by atoms with Crippen molar-refractivity contribution >= 4 is 35.0 Å². The minimum atomic E-state index is -1.88. The lowest BCUT2D eigenvalue weighted by atomic mass is 9.85. The van der Waals surface area contributed by atoms with Crippen LogP contribution in [0, 0.1) is 5.92 Å². The molecule has 0 saturated carbocycles. The summed E-state index contributed by atoms with van der Waals surface area (Å²) in [6.45, 7) is 5.20. The van der Waals surface area contributed by atoms with Crippen LogP contribution in [0.4, 0.5) is 0 Å². The second-order valence-corrected chi connectivity index (χ2v) is 10.2. The third kappa shape index (κ3) is 4.39. The Morgan fingerprint density at radius 3 is 2.72 bits per heavy atom. The van der Waals surface area contributed by atoms with E-state index in [9.17, 15) is 24.0 Å². The van der Waals surface area contributed by atoms with E-state index in [4.69, 9.17) is 14.5 Å². The number of hydrogen-bond acceptors (Lipinski definition) is 8. The van der Waals surface area contributed by atoms with Gasteiger partial charge in [-0.1, -0.05) is 39.0 Å². The van der Waals surface area contributed by atoms with Gasteiger partial charge in [-0.3, -0.25) is 9.59 Å². The molecule has 2 aliphatic heterocycles. The number of carbonyl (C=O) groups is 4. The Hall–Kier alpha value is -4.34. The summed E-state index contributed by atoms with van der Waals surface area (Å²) in [6.07, 6.45) is 0.573. The standard InChI is InChI=1S/C29H29N3O7/c1-4-29(39-27(36)24(16(2)3)31-23(34)10-7-11-33)20-13-22-25-18(12-17-8-5-6-9-21(17)30-25)14-32(22)26(35)19(20)15-38-28(29)37/h5-6,8-9,11-13,16,24H,4,7,10,14-15H2,1-3H3,(H,31,34)/t24-,29-/m0/s1. The lowest BCUT2D eigenvalue weighted by Crippen LogP contribution is -2.52. The van der Waals surface area contributed by atoms with Crippen LogP contribution >= 0.6 is 0 Å². The van der Waals surface area contributed by atoms with E-state index < -0.39 is 29.5 Å². The molecule has 1 aromatic carbocycles. The number of fused-ring (bicyclic) bond motifs is 5. The van der Waals surface area contributed by atoms with Crippen molar-refractivity contribution in [1.29, 1.82) is 0 Å². The van der Waals surface area contributed by atoms with E-state index in [-0.39, 0.29) is 48.5 Å². The Kier molecular flexibility index (Phi) is 6.80. The quantitative estimate of drug-likeness (QED) is 0.271. The number of aldehydes is 1. The van der Waals surface area contributed by atoms with Crippen LogP contribution in [0.15, 0.2) is 41.2 Å². The first-order valence-electron chi connectivity index (χ1n) is 13.0. The number of para-hydroxylation sites is 1. The fourth-order valence-electron chi connectivity index (χ4n) is 5.25. The van der Waals surface area contributed by atoms with Crippen molar-refractivity contribution in [3.63, 3.8) is 0 Å². The number of esters is 2. The maximum absolute atomic E-state index is 13.7. The molecule has 0 saturated heterocycles. The average molecular weight is 532 g/mol. The SMILES string of the molecule is CC[C@@]1(OC(=O)[C@@H](NC(=O)CCC=O)C(C)C)C(=O)OCc2c1cc1n(c2=O)Cc2cc3ccccc3nc2-1. The highest BCUT2D eigenvalue weighted by atomic mass is 16.6. The topological polar surface area (TPSA) is 134 Å². The Morgan fingerprint density at radius 1 is 1.23 bits per heavy atom. The molecule has 0 unspecified atom stereocenters. The highest BCUT2D eigenvalue weighted by Crippen LogP contribution is 2.41. The van der Waals surface area contributed by atoms with Crippen molar-refractivity contribution in [1.82, 2.24) is 14.9 Å². The van der Waals surface area contributed by atoms with E-state index in [0.29, 0.717) is 24.2 Å². The fraction of sp³-hybridized carbons (Fsp3) is 0.379. The molecule has 2 aliphatic rings. The number of benzene rings is 1. The highest BCUT2D eigenvalue weighted by Gasteiger charge is 2.51.